The number of rotatable bonds is 5. The van der Waals surface area contributed by atoms with Crippen LogP contribution in [0.25, 0.3) is 0 Å². The van der Waals surface area contributed by atoms with Gasteiger partial charge < -0.3 is 14.7 Å². The van der Waals surface area contributed by atoms with E-state index >= 15 is 0 Å². The van der Waals surface area contributed by atoms with Gasteiger partial charge in [0.2, 0.25) is 0 Å². The molecule has 0 saturated heterocycles. The van der Waals surface area contributed by atoms with E-state index in [0.717, 1.165) is 30.0 Å². The van der Waals surface area contributed by atoms with E-state index in [1.54, 1.807) is 19.1 Å². The summed E-state index contributed by atoms with van der Waals surface area (Å²) in [4.78, 5) is 19.2. The molecule has 1 amide bonds. The Morgan fingerprint density at radius 3 is 2.90 bits per heavy atom. The highest BCUT2D eigenvalue weighted by Gasteiger charge is 2.28. The summed E-state index contributed by atoms with van der Waals surface area (Å²) < 4.78 is 5.05. The molecule has 112 valence electrons. The molecule has 1 aromatic heterocycles. The van der Waals surface area contributed by atoms with Gasteiger partial charge in [-0.3, -0.25) is 4.79 Å². The second-order valence-corrected chi connectivity index (χ2v) is 6.48. The molecule has 0 spiro atoms. The van der Waals surface area contributed by atoms with Crippen molar-refractivity contribution in [3.8, 4) is 0 Å². The first-order valence-electron chi connectivity index (χ1n) is 6.91. The second kappa shape index (κ2) is 6.65. The van der Waals surface area contributed by atoms with Gasteiger partial charge >= 0.3 is 0 Å². The van der Waals surface area contributed by atoms with Crippen LogP contribution < -0.4 is 0 Å². The lowest BCUT2D eigenvalue weighted by Crippen LogP contribution is -2.34. The second-order valence-electron chi connectivity index (χ2n) is 5.40. The lowest BCUT2D eigenvalue weighted by Gasteiger charge is -2.22. The van der Waals surface area contributed by atoms with Crippen LogP contribution in [0.1, 0.15) is 39.6 Å². The summed E-state index contributed by atoms with van der Waals surface area (Å²) in [6, 6.07) is 0. The van der Waals surface area contributed by atoms with Gasteiger partial charge in [0, 0.05) is 26.6 Å². The van der Waals surface area contributed by atoms with Crippen molar-refractivity contribution in [2.45, 2.75) is 38.9 Å². The molecule has 1 aliphatic rings. The molecule has 5 nitrogen and oxygen atoms in total. The van der Waals surface area contributed by atoms with Crippen molar-refractivity contribution in [2.24, 2.45) is 5.92 Å². The van der Waals surface area contributed by atoms with E-state index in [4.69, 9.17) is 4.74 Å². The molecule has 1 N–H and O–H groups in total. The van der Waals surface area contributed by atoms with Crippen LogP contribution in [0.2, 0.25) is 0 Å². The third kappa shape index (κ3) is 3.37. The van der Waals surface area contributed by atoms with Crippen molar-refractivity contribution in [2.75, 3.05) is 20.7 Å². The third-order valence-electron chi connectivity index (χ3n) is 3.78. The van der Waals surface area contributed by atoms with Crippen molar-refractivity contribution < 1.29 is 14.6 Å². The van der Waals surface area contributed by atoms with E-state index < -0.39 is 0 Å². The van der Waals surface area contributed by atoms with Crippen LogP contribution in [-0.4, -0.2) is 47.7 Å². The Morgan fingerprint density at radius 1 is 1.55 bits per heavy atom. The predicted octanol–water partition coefficient (Wildman–Crippen LogP) is 1.83. The summed E-state index contributed by atoms with van der Waals surface area (Å²) in [5.41, 5.74) is 0.755. The highest BCUT2D eigenvalue weighted by atomic mass is 32.1. The van der Waals surface area contributed by atoms with Crippen LogP contribution in [0.15, 0.2) is 0 Å². The maximum atomic E-state index is 12.5. The topological polar surface area (TPSA) is 62.7 Å². The average molecular weight is 298 g/mol. The van der Waals surface area contributed by atoms with Crippen molar-refractivity contribution in [3.05, 3.63) is 15.6 Å². The molecule has 0 aliphatic heterocycles. The largest absolute Gasteiger partial charge is 0.393 e. The maximum absolute atomic E-state index is 12.5. The minimum atomic E-state index is -0.267. The minimum Gasteiger partial charge on any atom is -0.393 e. The van der Waals surface area contributed by atoms with Gasteiger partial charge in [0.05, 0.1) is 18.4 Å². The monoisotopic (exact) mass is 298 g/mol. The Labute approximate surface area is 123 Å². The molecule has 0 bridgehead atoms. The van der Waals surface area contributed by atoms with Crippen molar-refractivity contribution >= 4 is 17.2 Å². The number of hydrogen-bond donors (Lipinski definition) is 1. The number of aromatic nitrogens is 1. The Morgan fingerprint density at radius 2 is 2.30 bits per heavy atom. The van der Waals surface area contributed by atoms with Crippen LogP contribution in [0.4, 0.5) is 0 Å². The van der Waals surface area contributed by atoms with Crippen molar-refractivity contribution in [1.82, 2.24) is 9.88 Å². The van der Waals surface area contributed by atoms with Crippen LogP contribution in [0.5, 0.6) is 0 Å². The lowest BCUT2D eigenvalue weighted by molar-refractivity contribution is 0.0697. The molecule has 1 aliphatic carbocycles. The molecule has 20 heavy (non-hydrogen) atoms. The molecule has 1 fully saturated rings. The summed E-state index contributed by atoms with van der Waals surface area (Å²) in [7, 11) is 3.41. The number of hydrogen-bond acceptors (Lipinski definition) is 5. The number of nitrogens with zero attached hydrogens (tertiary/aromatic N) is 2. The molecule has 0 aromatic carbocycles. The molecule has 2 unspecified atom stereocenters. The predicted molar refractivity (Wildman–Crippen MR) is 77.9 cm³/mol. The fourth-order valence-corrected chi connectivity index (χ4v) is 3.71. The number of aryl methyl sites for hydroxylation is 1. The lowest BCUT2D eigenvalue weighted by atomic mass is 10.1. The van der Waals surface area contributed by atoms with Gasteiger partial charge in [-0.15, -0.1) is 11.3 Å². The molecular formula is C14H22N2O3S. The van der Waals surface area contributed by atoms with Crippen LogP contribution in [0.3, 0.4) is 0 Å². The zero-order chi connectivity index (χ0) is 14.7. The number of ether oxygens (including phenoxy) is 1. The first-order chi connectivity index (χ1) is 9.52. The standard InChI is InChI=1S/C14H22N2O3S/c1-9-13(20-12(15-9)8-19-3)14(18)16(2)7-10-5-4-6-11(10)17/h10-11,17H,4-8H2,1-3H3. The molecule has 2 atom stereocenters. The highest BCUT2D eigenvalue weighted by molar-refractivity contribution is 7.13. The number of thiazole rings is 1. The zero-order valence-electron chi connectivity index (χ0n) is 12.3. The number of aliphatic hydroxyl groups excluding tert-OH is 1. The third-order valence-corrected chi connectivity index (χ3v) is 4.90. The van der Waals surface area contributed by atoms with Gasteiger partial charge in [-0.05, 0) is 19.8 Å². The number of amides is 1. The van der Waals surface area contributed by atoms with E-state index in [9.17, 15) is 9.90 Å². The van der Waals surface area contributed by atoms with Gasteiger partial charge in [-0.25, -0.2) is 4.98 Å². The normalized spacial score (nSPS) is 22.2. The van der Waals surface area contributed by atoms with E-state index in [-0.39, 0.29) is 17.9 Å². The average Bonchev–Trinajstić information content (AvgIpc) is 2.96. The Kier molecular flexibility index (Phi) is 5.12. The molecule has 1 saturated carbocycles. The van der Waals surface area contributed by atoms with E-state index in [1.807, 2.05) is 6.92 Å². The number of carbonyl (C=O) groups is 1. The van der Waals surface area contributed by atoms with Crippen molar-refractivity contribution in [1.29, 1.82) is 0 Å². The SMILES string of the molecule is COCc1nc(C)c(C(=O)N(C)CC2CCCC2O)s1. The minimum absolute atomic E-state index is 0.0125. The summed E-state index contributed by atoms with van der Waals surface area (Å²) in [6.45, 7) is 2.89. The maximum Gasteiger partial charge on any atom is 0.265 e. The fourth-order valence-electron chi connectivity index (χ4n) is 2.67. The van der Waals surface area contributed by atoms with Crippen LogP contribution >= 0.6 is 11.3 Å². The smallest absolute Gasteiger partial charge is 0.265 e. The quantitative estimate of drug-likeness (QED) is 0.901. The van der Waals surface area contributed by atoms with Crippen LogP contribution in [0, 0.1) is 12.8 Å². The van der Waals surface area contributed by atoms with Crippen LogP contribution in [-0.2, 0) is 11.3 Å². The summed E-state index contributed by atoms with van der Waals surface area (Å²) in [5, 5.41) is 10.7. The summed E-state index contributed by atoms with van der Waals surface area (Å²) in [5.74, 6) is 0.192. The summed E-state index contributed by atoms with van der Waals surface area (Å²) >= 11 is 1.39. The highest BCUT2D eigenvalue weighted by Crippen LogP contribution is 2.27. The molecule has 2 rings (SSSR count). The molecule has 1 aromatic rings. The van der Waals surface area contributed by atoms with E-state index in [2.05, 4.69) is 4.98 Å². The molecule has 0 radical (unpaired) electrons. The van der Waals surface area contributed by atoms with Gasteiger partial charge in [0.1, 0.15) is 9.88 Å². The van der Waals surface area contributed by atoms with E-state index in [0.29, 0.717) is 18.0 Å². The number of carbonyl (C=O) groups excluding carboxylic acids is 1. The Hall–Kier alpha value is -0.980. The van der Waals surface area contributed by atoms with Gasteiger partial charge in [-0.1, -0.05) is 6.42 Å². The van der Waals surface area contributed by atoms with Gasteiger partial charge in [0.25, 0.3) is 5.91 Å². The molecular weight excluding hydrogens is 276 g/mol. The summed E-state index contributed by atoms with van der Waals surface area (Å²) in [6.07, 6.45) is 2.63. The van der Waals surface area contributed by atoms with Crippen molar-refractivity contribution in [3.63, 3.8) is 0 Å². The number of aliphatic hydroxyl groups is 1. The van der Waals surface area contributed by atoms with Gasteiger partial charge in [0.15, 0.2) is 0 Å². The molecule has 1 heterocycles. The molecule has 6 heteroatoms. The first kappa shape index (κ1) is 15.4. The van der Waals surface area contributed by atoms with Gasteiger partial charge in [-0.2, -0.15) is 0 Å². The zero-order valence-corrected chi connectivity index (χ0v) is 13.1. The Bertz CT molecular complexity index is 475. The number of methoxy groups -OCH3 is 1. The fraction of sp³-hybridized carbons (Fsp3) is 0.714. The van der Waals surface area contributed by atoms with E-state index in [1.165, 1.54) is 11.3 Å². The first-order valence-corrected chi connectivity index (χ1v) is 7.73. The Balaban J connectivity index is 2.02.